The van der Waals surface area contributed by atoms with E-state index in [1.807, 2.05) is 48.5 Å². The Balaban J connectivity index is 1.36. The molecule has 2 amide bonds. The van der Waals surface area contributed by atoms with E-state index in [9.17, 15) is 9.59 Å². The minimum Gasteiger partial charge on any atom is -0.492 e. The molecule has 2 aromatic rings. The van der Waals surface area contributed by atoms with Gasteiger partial charge >= 0.3 is 0 Å². The van der Waals surface area contributed by atoms with Crippen molar-refractivity contribution in [3.05, 3.63) is 48.5 Å². The second-order valence-electron chi connectivity index (χ2n) is 9.03. The topological polar surface area (TPSA) is 67.9 Å². The molecule has 1 aliphatic heterocycles. The van der Waals surface area contributed by atoms with Gasteiger partial charge in [-0.2, -0.15) is 0 Å². The number of nitrogens with one attached hydrogen (secondary N) is 1. The zero-order valence-corrected chi connectivity index (χ0v) is 19.4. The lowest BCUT2D eigenvalue weighted by Gasteiger charge is -2.30. The first-order valence-electron chi connectivity index (χ1n) is 12.2. The largest absolute Gasteiger partial charge is 0.492 e. The summed E-state index contributed by atoms with van der Waals surface area (Å²) < 4.78 is 11.4. The van der Waals surface area contributed by atoms with Gasteiger partial charge in [-0.15, -0.1) is 0 Å². The highest BCUT2D eigenvalue weighted by Crippen LogP contribution is 2.36. The molecule has 4 rings (SSSR count). The number of benzene rings is 2. The minimum absolute atomic E-state index is 0.00527. The highest BCUT2D eigenvalue weighted by Gasteiger charge is 2.28. The van der Waals surface area contributed by atoms with Crippen LogP contribution in [0.15, 0.2) is 48.5 Å². The summed E-state index contributed by atoms with van der Waals surface area (Å²) in [4.78, 5) is 27.1. The van der Waals surface area contributed by atoms with E-state index in [2.05, 4.69) is 12.2 Å². The number of ether oxygens (including phenoxy) is 2. The molecule has 6 heteroatoms. The number of anilines is 2. The van der Waals surface area contributed by atoms with Crippen molar-refractivity contribution in [2.45, 2.75) is 51.9 Å². The van der Waals surface area contributed by atoms with Crippen LogP contribution in [0.4, 0.5) is 11.4 Å². The van der Waals surface area contributed by atoms with E-state index >= 15 is 0 Å². The number of carbonyl (C=O) groups is 2. The van der Waals surface area contributed by atoms with Crippen LogP contribution in [0.25, 0.3) is 0 Å². The number of rotatable bonds is 9. The molecule has 0 saturated heterocycles. The van der Waals surface area contributed by atoms with Crippen molar-refractivity contribution < 1.29 is 19.1 Å². The first-order valence-corrected chi connectivity index (χ1v) is 12.2. The smallest absolute Gasteiger partial charge is 0.265 e. The molecule has 1 N–H and O–H groups in total. The van der Waals surface area contributed by atoms with Gasteiger partial charge in [0, 0.05) is 11.6 Å². The lowest BCUT2D eigenvalue weighted by molar-refractivity contribution is -0.121. The zero-order valence-electron chi connectivity index (χ0n) is 19.4. The molecule has 2 aliphatic rings. The van der Waals surface area contributed by atoms with Crippen molar-refractivity contribution >= 4 is 23.2 Å². The Morgan fingerprint density at radius 2 is 1.91 bits per heavy atom. The fraction of sp³-hybridized carbons (Fsp3) is 0.481. The molecule has 0 radical (unpaired) electrons. The number of nitrogens with zero attached hydrogens (tertiary/aromatic N) is 1. The molecule has 1 heterocycles. The second-order valence-corrected chi connectivity index (χ2v) is 9.03. The normalized spacial score (nSPS) is 20.0. The summed E-state index contributed by atoms with van der Waals surface area (Å²) in [6, 6.07) is 15.0. The monoisotopic (exact) mass is 450 g/mol. The Hall–Kier alpha value is -3.02. The number of unbranched alkanes of at least 4 members (excludes halogenated alkanes) is 1. The third-order valence-corrected chi connectivity index (χ3v) is 6.68. The fourth-order valence-corrected chi connectivity index (χ4v) is 4.75. The molecule has 2 aromatic carbocycles. The average Bonchev–Trinajstić information content (AvgIpc) is 2.85. The van der Waals surface area contributed by atoms with Gasteiger partial charge in [0.25, 0.3) is 5.91 Å². The van der Waals surface area contributed by atoms with Gasteiger partial charge in [0.1, 0.15) is 18.1 Å². The van der Waals surface area contributed by atoms with Crippen molar-refractivity contribution in [1.29, 1.82) is 0 Å². The van der Waals surface area contributed by atoms with Gasteiger partial charge in [0.2, 0.25) is 5.91 Å². The van der Waals surface area contributed by atoms with Crippen LogP contribution in [0, 0.1) is 11.8 Å². The Morgan fingerprint density at radius 1 is 1.12 bits per heavy atom. The lowest BCUT2D eigenvalue weighted by atomic mass is 9.79. The number of hydrogen-bond acceptors (Lipinski definition) is 4. The molecule has 1 fully saturated rings. The van der Waals surface area contributed by atoms with Crippen molar-refractivity contribution in [2.24, 2.45) is 11.8 Å². The number of fused-ring (bicyclic) bond motifs is 1. The third-order valence-electron chi connectivity index (χ3n) is 6.68. The first-order chi connectivity index (χ1) is 16.1. The van der Waals surface area contributed by atoms with Gasteiger partial charge in [-0.05, 0) is 61.9 Å². The molecule has 6 nitrogen and oxygen atoms in total. The highest BCUT2D eigenvalue weighted by molar-refractivity contribution is 5.99. The van der Waals surface area contributed by atoms with Gasteiger partial charge < -0.3 is 19.7 Å². The van der Waals surface area contributed by atoms with Crippen LogP contribution in [0.5, 0.6) is 11.5 Å². The van der Waals surface area contributed by atoms with E-state index < -0.39 is 0 Å². The number of hydrogen-bond donors (Lipinski definition) is 1. The summed E-state index contributed by atoms with van der Waals surface area (Å²) in [5, 5.41) is 3.07. The molecule has 0 bridgehead atoms. The highest BCUT2D eigenvalue weighted by atomic mass is 16.5. The molecule has 1 saturated carbocycles. The summed E-state index contributed by atoms with van der Waals surface area (Å²) in [5.41, 5.74) is 1.36. The molecular weight excluding hydrogens is 416 g/mol. The van der Waals surface area contributed by atoms with Crippen LogP contribution in [0.3, 0.4) is 0 Å². The molecule has 1 aliphatic carbocycles. The molecule has 0 atom stereocenters. The van der Waals surface area contributed by atoms with Gasteiger partial charge in [-0.1, -0.05) is 44.4 Å². The van der Waals surface area contributed by atoms with Crippen molar-refractivity contribution in [3.63, 3.8) is 0 Å². The van der Waals surface area contributed by atoms with Crippen LogP contribution < -0.4 is 19.7 Å². The van der Waals surface area contributed by atoms with E-state index in [-0.39, 0.29) is 24.3 Å². The summed E-state index contributed by atoms with van der Waals surface area (Å²) in [7, 11) is 0. The Labute approximate surface area is 196 Å². The first kappa shape index (κ1) is 23.1. The summed E-state index contributed by atoms with van der Waals surface area (Å²) in [6.07, 6.45) is 7.99. The quantitative estimate of drug-likeness (QED) is 0.553. The maximum atomic E-state index is 12.9. The second kappa shape index (κ2) is 11.2. The Morgan fingerprint density at radius 3 is 2.67 bits per heavy atom. The minimum atomic E-state index is -0.118. The van der Waals surface area contributed by atoms with E-state index in [1.165, 1.54) is 19.3 Å². The molecule has 0 unspecified atom stereocenters. The maximum Gasteiger partial charge on any atom is 0.265 e. The van der Waals surface area contributed by atoms with Crippen LogP contribution in [0.2, 0.25) is 0 Å². The molecule has 0 aromatic heterocycles. The zero-order chi connectivity index (χ0) is 23.0. The van der Waals surface area contributed by atoms with Crippen LogP contribution in [0.1, 0.15) is 51.9 Å². The van der Waals surface area contributed by atoms with Crippen molar-refractivity contribution in [2.75, 3.05) is 30.0 Å². The Kier molecular flexibility index (Phi) is 7.87. The predicted octanol–water partition coefficient (Wildman–Crippen LogP) is 5.43. The van der Waals surface area contributed by atoms with E-state index in [0.29, 0.717) is 30.3 Å². The van der Waals surface area contributed by atoms with Crippen LogP contribution in [-0.2, 0) is 9.59 Å². The maximum absolute atomic E-state index is 12.9. The summed E-state index contributed by atoms with van der Waals surface area (Å²) >= 11 is 0. The number of amides is 2. The van der Waals surface area contributed by atoms with E-state index in [1.54, 1.807) is 4.90 Å². The van der Waals surface area contributed by atoms with Crippen molar-refractivity contribution in [3.8, 4) is 11.5 Å². The molecule has 0 spiro atoms. The van der Waals surface area contributed by atoms with E-state index in [0.717, 1.165) is 37.4 Å². The average molecular weight is 451 g/mol. The molecule has 176 valence electrons. The Bertz CT molecular complexity index is 938. The SMILES string of the molecule is CCCCC1CCC(C(=O)Nc2ccc3c(c2)N(CCOc2ccccc2)C(=O)CO3)CC1. The van der Waals surface area contributed by atoms with Gasteiger partial charge in [0.05, 0.1) is 12.2 Å². The van der Waals surface area contributed by atoms with Crippen LogP contribution >= 0.6 is 0 Å². The van der Waals surface area contributed by atoms with Crippen LogP contribution in [-0.4, -0.2) is 31.6 Å². The third kappa shape index (κ3) is 6.06. The summed E-state index contributed by atoms with van der Waals surface area (Å²) in [6.45, 7) is 3.01. The lowest BCUT2D eigenvalue weighted by Crippen LogP contribution is -2.41. The summed E-state index contributed by atoms with van der Waals surface area (Å²) in [5.74, 6) is 2.20. The van der Waals surface area contributed by atoms with E-state index in [4.69, 9.17) is 9.47 Å². The number of para-hydroxylation sites is 1. The number of carbonyl (C=O) groups excluding carboxylic acids is 2. The molecular formula is C27H34N2O4. The predicted molar refractivity (Wildman–Crippen MR) is 130 cm³/mol. The fourth-order valence-electron chi connectivity index (χ4n) is 4.75. The van der Waals surface area contributed by atoms with Gasteiger partial charge in [-0.3, -0.25) is 9.59 Å². The van der Waals surface area contributed by atoms with Gasteiger partial charge in [0.15, 0.2) is 6.61 Å². The van der Waals surface area contributed by atoms with Crippen molar-refractivity contribution in [1.82, 2.24) is 0 Å². The standard InChI is InChI=1S/C27H34N2O4/c1-2-3-7-20-10-12-21(13-11-20)27(31)28-22-14-15-25-24(18-22)29(26(30)19-33-25)16-17-32-23-8-5-4-6-9-23/h4-6,8-9,14-15,18,20-21H,2-3,7,10-13,16-17,19H2,1H3,(H,28,31). The van der Waals surface area contributed by atoms with Gasteiger partial charge in [-0.25, -0.2) is 0 Å². The molecule has 33 heavy (non-hydrogen) atoms.